The van der Waals surface area contributed by atoms with Gasteiger partial charge in [-0.15, -0.1) is 11.3 Å². The number of hydrogen-bond acceptors (Lipinski definition) is 2. The van der Waals surface area contributed by atoms with E-state index in [1.54, 1.807) is 11.3 Å². The number of aryl methyl sites for hydroxylation is 1. The molecule has 0 fully saturated rings. The molecule has 0 saturated carbocycles. The monoisotopic (exact) mass is 224 g/mol. The van der Waals surface area contributed by atoms with Crippen LogP contribution in [-0.2, 0) is 6.42 Å². The van der Waals surface area contributed by atoms with Crippen LogP contribution in [0, 0.1) is 5.51 Å². The highest BCUT2D eigenvalue weighted by Crippen LogP contribution is 2.26. The molecule has 0 N–H and O–H groups in total. The van der Waals surface area contributed by atoms with Gasteiger partial charge >= 0.3 is 0 Å². The molecule has 0 saturated heterocycles. The summed E-state index contributed by atoms with van der Waals surface area (Å²) < 4.78 is 1.18. The standard InChI is InChI=1S/C11H11ClNS/c1-2-3-4-8-5-11-10(6-9(8)12)13-7-14-11/h5-6H,2-4H2,1H3. The molecule has 2 aromatic rings. The van der Waals surface area contributed by atoms with E-state index in [0.29, 0.717) is 0 Å². The van der Waals surface area contributed by atoms with Crippen LogP contribution in [0.1, 0.15) is 25.3 Å². The van der Waals surface area contributed by atoms with Crippen molar-refractivity contribution in [1.82, 2.24) is 4.98 Å². The van der Waals surface area contributed by atoms with Crippen LogP contribution in [0.2, 0.25) is 5.02 Å². The zero-order valence-electron chi connectivity index (χ0n) is 8.01. The molecule has 0 spiro atoms. The average Bonchev–Trinajstić information content (AvgIpc) is 2.61. The van der Waals surface area contributed by atoms with Gasteiger partial charge in [0.1, 0.15) is 0 Å². The van der Waals surface area contributed by atoms with E-state index in [2.05, 4.69) is 23.5 Å². The fourth-order valence-electron chi connectivity index (χ4n) is 1.43. The highest BCUT2D eigenvalue weighted by molar-refractivity contribution is 7.16. The zero-order valence-corrected chi connectivity index (χ0v) is 9.58. The lowest BCUT2D eigenvalue weighted by molar-refractivity contribution is 0.796. The first-order valence-corrected chi connectivity index (χ1v) is 5.95. The lowest BCUT2D eigenvalue weighted by atomic mass is 10.1. The molecule has 14 heavy (non-hydrogen) atoms. The Bertz CT molecular complexity index is 436. The van der Waals surface area contributed by atoms with Crippen LogP contribution >= 0.6 is 22.9 Å². The number of aromatic nitrogens is 1. The second-order valence-corrected chi connectivity index (χ2v) is 4.55. The van der Waals surface area contributed by atoms with Gasteiger partial charge in [0.15, 0.2) is 5.51 Å². The van der Waals surface area contributed by atoms with Crippen molar-refractivity contribution >= 4 is 33.2 Å². The van der Waals surface area contributed by atoms with Gasteiger partial charge in [-0.05, 0) is 30.5 Å². The van der Waals surface area contributed by atoms with Gasteiger partial charge in [0, 0.05) is 5.02 Å². The molecular weight excluding hydrogens is 214 g/mol. The van der Waals surface area contributed by atoms with Crippen molar-refractivity contribution < 1.29 is 0 Å². The van der Waals surface area contributed by atoms with Crippen molar-refractivity contribution in [3.05, 3.63) is 28.2 Å². The van der Waals surface area contributed by atoms with Crippen LogP contribution in [0.5, 0.6) is 0 Å². The van der Waals surface area contributed by atoms with Crippen LogP contribution in [0.3, 0.4) is 0 Å². The summed E-state index contributed by atoms with van der Waals surface area (Å²) in [7, 11) is 0. The molecule has 1 aromatic heterocycles. The number of hydrogen-bond donors (Lipinski definition) is 0. The zero-order chi connectivity index (χ0) is 9.97. The summed E-state index contributed by atoms with van der Waals surface area (Å²) in [6, 6.07) is 4.08. The van der Waals surface area contributed by atoms with Gasteiger partial charge in [0.2, 0.25) is 0 Å². The molecule has 0 aliphatic carbocycles. The first-order chi connectivity index (χ1) is 6.81. The molecule has 2 rings (SSSR count). The quantitative estimate of drug-likeness (QED) is 0.765. The Hall–Kier alpha value is -0.600. The molecule has 0 unspecified atom stereocenters. The Morgan fingerprint density at radius 2 is 2.36 bits per heavy atom. The van der Waals surface area contributed by atoms with E-state index in [0.717, 1.165) is 17.0 Å². The molecule has 0 aliphatic heterocycles. The topological polar surface area (TPSA) is 12.9 Å². The highest BCUT2D eigenvalue weighted by Gasteiger charge is 2.04. The number of nitrogens with zero attached hydrogens (tertiary/aromatic N) is 1. The predicted octanol–water partition coefficient (Wildman–Crippen LogP) is 4.09. The summed E-state index contributed by atoms with van der Waals surface area (Å²) >= 11 is 7.70. The third-order valence-electron chi connectivity index (χ3n) is 2.25. The average molecular weight is 225 g/mol. The Morgan fingerprint density at radius 1 is 1.50 bits per heavy atom. The second kappa shape index (κ2) is 4.28. The van der Waals surface area contributed by atoms with E-state index in [-0.39, 0.29) is 0 Å². The van der Waals surface area contributed by atoms with E-state index in [1.165, 1.54) is 23.1 Å². The van der Waals surface area contributed by atoms with E-state index in [1.807, 2.05) is 6.07 Å². The molecular formula is C11H11ClNS. The number of halogens is 1. The van der Waals surface area contributed by atoms with Gasteiger partial charge in [-0.2, -0.15) is 0 Å². The van der Waals surface area contributed by atoms with Gasteiger partial charge in [-0.25, -0.2) is 4.98 Å². The summed E-state index contributed by atoms with van der Waals surface area (Å²) in [6.07, 6.45) is 3.44. The highest BCUT2D eigenvalue weighted by atomic mass is 35.5. The van der Waals surface area contributed by atoms with Crippen molar-refractivity contribution in [3.63, 3.8) is 0 Å². The summed E-state index contributed by atoms with van der Waals surface area (Å²) in [6.45, 7) is 2.19. The first-order valence-electron chi connectivity index (χ1n) is 4.76. The van der Waals surface area contributed by atoms with Gasteiger partial charge < -0.3 is 0 Å². The van der Waals surface area contributed by atoms with Gasteiger partial charge in [0.05, 0.1) is 10.2 Å². The van der Waals surface area contributed by atoms with Crippen LogP contribution in [0.15, 0.2) is 12.1 Å². The minimum atomic E-state index is 0.838. The summed E-state index contributed by atoms with van der Waals surface area (Å²) in [4.78, 5) is 4.11. The van der Waals surface area contributed by atoms with E-state index in [4.69, 9.17) is 11.6 Å². The number of thiazole rings is 1. The third kappa shape index (κ3) is 1.91. The third-order valence-corrected chi connectivity index (χ3v) is 3.33. The molecule has 3 heteroatoms. The minimum absolute atomic E-state index is 0.838. The molecule has 0 amide bonds. The second-order valence-electron chi connectivity index (χ2n) is 3.32. The van der Waals surface area contributed by atoms with E-state index in [9.17, 15) is 0 Å². The Labute approximate surface area is 92.7 Å². The normalized spacial score (nSPS) is 11.0. The Kier molecular flexibility index (Phi) is 3.04. The van der Waals surface area contributed by atoms with Crippen molar-refractivity contribution in [3.8, 4) is 0 Å². The summed E-state index contributed by atoms with van der Waals surface area (Å²) in [5.74, 6) is 0. The maximum atomic E-state index is 6.15. The van der Waals surface area contributed by atoms with Crippen LogP contribution in [-0.4, -0.2) is 4.98 Å². The van der Waals surface area contributed by atoms with Crippen LogP contribution in [0.4, 0.5) is 0 Å². The molecule has 73 valence electrons. The number of rotatable bonds is 3. The lowest BCUT2D eigenvalue weighted by Crippen LogP contribution is -1.86. The smallest absolute Gasteiger partial charge is 0.153 e. The molecule has 0 atom stereocenters. The van der Waals surface area contributed by atoms with Gasteiger partial charge in [-0.3, -0.25) is 0 Å². The minimum Gasteiger partial charge on any atom is -0.233 e. The fraction of sp³-hybridized carbons (Fsp3) is 0.364. The molecule has 1 heterocycles. The molecule has 1 nitrogen and oxygen atoms in total. The Balaban J connectivity index is 2.38. The maximum Gasteiger partial charge on any atom is 0.153 e. The van der Waals surface area contributed by atoms with Crippen molar-refractivity contribution in [2.75, 3.05) is 0 Å². The van der Waals surface area contributed by atoms with Crippen molar-refractivity contribution in [1.29, 1.82) is 0 Å². The lowest BCUT2D eigenvalue weighted by Gasteiger charge is -2.02. The van der Waals surface area contributed by atoms with Gasteiger partial charge in [0.25, 0.3) is 0 Å². The Morgan fingerprint density at radius 3 is 3.14 bits per heavy atom. The van der Waals surface area contributed by atoms with Crippen LogP contribution in [0.25, 0.3) is 10.2 Å². The summed E-state index contributed by atoms with van der Waals surface area (Å²) in [5, 5.41) is 0.838. The predicted molar refractivity (Wildman–Crippen MR) is 62.1 cm³/mol. The number of benzene rings is 1. The molecule has 0 aliphatic rings. The molecule has 1 aromatic carbocycles. The SMILES string of the molecule is CCCCc1cc2s[c]nc2cc1Cl. The number of unbranched alkanes of at least 4 members (excludes halogenated alkanes) is 1. The van der Waals surface area contributed by atoms with Crippen LogP contribution < -0.4 is 0 Å². The first kappa shape index (κ1) is 9.94. The molecule has 0 bridgehead atoms. The fourth-order valence-corrected chi connectivity index (χ4v) is 2.34. The van der Waals surface area contributed by atoms with E-state index < -0.39 is 0 Å². The van der Waals surface area contributed by atoms with Crippen molar-refractivity contribution in [2.24, 2.45) is 0 Å². The maximum absolute atomic E-state index is 6.15. The molecule has 1 radical (unpaired) electrons. The van der Waals surface area contributed by atoms with Crippen molar-refractivity contribution in [2.45, 2.75) is 26.2 Å². The van der Waals surface area contributed by atoms with Gasteiger partial charge in [-0.1, -0.05) is 24.9 Å². The largest absolute Gasteiger partial charge is 0.233 e. The number of fused-ring (bicyclic) bond motifs is 1. The summed E-state index contributed by atoms with van der Waals surface area (Å²) in [5.41, 5.74) is 5.07. The van der Waals surface area contributed by atoms with E-state index >= 15 is 0 Å².